The molecule has 1 aromatic rings. The topological polar surface area (TPSA) is 64.1 Å². The molecule has 1 heterocycles. The zero-order valence-electron chi connectivity index (χ0n) is 5.61. The molecule has 0 bridgehead atoms. The van der Waals surface area contributed by atoms with Crippen molar-refractivity contribution < 1.29 is 5.11 Å². The van der Waals surface area contributed by atoms with E-state index in [2.05, 4.69) is 5.10 Å². The highest BCUT2D eigenvalue weighted by Crippen LogP contribution is 2.10. The number of nitrogens with two attached hydrogens (primary N) is 1. The van der Waals surface area contributed by atoms with Crippen molar-refractivity contribution in [2.45, 2.75) is 11.6 Å². The van der Waals surface area contributed by atoms with E-state index < -0.39 is 0 Å². The number of aryl methyl sites for hydroxylation is 1. The third kappa shape index (κ3) is 1.31. The van der Waals surface area contributed by atoms with Crippen molar-refractivity contribution >= 4 is 11.9 Å². The zero-order chi connectivity index (χ0) is 7.56. The van der Waals surface area contributed by atoms with E-state index in [1.807, 2.05) is 0 Å². The van der Waals surface area contributed by atoms with Crippen LogP contribution in [0.25, 0.3) is 0 Å². The number of aromatic nitrogens is 2. The van der Waals surface area contributed by atoms with Gasteiger partial charge in [0.15, 0.2) is 0 Å². The molecule has 0 aliphatic carbocycles. The van der Waals surface area contributed by atoms with Gasteiger partial charge in [-0.2, -0.15) is 5.10 Å². The molecule has 0 saturated heterocycles. The molecule has 56 valence electrons. The smallest absolute Gasteiger partial charge is 0.133 e. The fraction of sp³-hybridized carbons (Fsp3) is 0.400. The quantitative estimate of drug-likeness (QED) is 0.590. The first kappa shape index (κ1) is 7.59. The Kier molecular flexibility index (Phi) is 2.31. The maximum atomic E-state index is 8.72. The van der Waals surface area contributed by atoms with Crippen molar-refractivity contribution in [3.05, 3.63) is 11.8 Å². The van der Waals surface area contributed by atoms with Crippen molar-refractivity contribution in [3.63, 3.8) is 0 Å². The van der Waals surface area contributed by atoms with E-state index in [-0.39, 0.29) is 6.61 Å². The summed E-state index contributed by atoms with van der Waals surface area (Å²) in [5.41, 5.74) is 0.771. The van der Waals surface area contributed by atoms with Gasteiger partial charge in [0.25, 0.3) is 0 Å². The fourth-order valence-corrected chi connectivity index (χ4v) is 1.06. The number of hydrogen-bond donors (Lipinski definition) is 2. The van der Waals surface area contributed by atoms with Crippen LogP contribution < -0.4 is 5.14 Å². The molecule has 5 heteroatoms. The Morgan fingerprint density at radius 3 is 2.90 bits per heavy atom. The van der Waals surface area contributed by atoms with Crippen molar-refractivity contribution in [2.24, 2.45) is 12.2 Å². The molecule has 0 amide bonds. The van der Waals surface area contributed by atoms with Crippen LogP contribution in [0.2, 0.25) is 0 Å². The Balaban J connectivity index is 2.92. The molecule has 0 aliphatic heterocycles. The SMILES string of the molecule is Cn1nc(SN)cc1CO. The molecule has 1 rings (SSSR count). The standard InChI is InChI=1S/C5H9N3OS/c1-8-4(3-9)2-5(7-8)10-6/h2,9H,3,6H2,1H3. The van der Waals surface area contributed by atoms with Crippen molar-refractivity contribution in [1.29, 1.82) is 0 Å². The molecule has 10 heavy (non-hydrogen) atoms. The molecule has 4 nitrogen and oxygen atoms in total. The minimum absolute atomic E-state index is 0.00403. The summed E-state index contributed by atoms with van der Waals surface area (Å²) >= 11 is 1.08. The molecular weight excluding hydrogens is 150 g/mol. The van der Waals surface area contributed by atoms with Crippen LogP contribution in [0.5, 0.6) is 0 Å². The van der Waals surface area contributed by atoms with Gasteiger partial charge in [-0.05, 0) is 18.0 Å². The number of rotatable bonds is 2. The third-order valence-corrected chi connectivity index (χ3v) is 1.68. The summed E-state index contributed by atoms with van der Waals surface area (Å²) < 4.78 is 1.61. The van der Waals surface area contributed by atoms with Gasteiger partial charge in [0.1, 0.15) is 5.03 Å². The lowest BCUT2D eigenvalue weighted by atomic mass is 10.5. The van der Waals surface area contributed by atoms with Gasteiger partial charge in [0, 0.05) is 7.05 Å². The summed E-state index contributed by atoms with van der Waals surface area (Å²) in [6.07, 6.45) is 0. The molecule has 0 spiro atoms. The van der Waals surface area contributed by atoms with Crippen molar-refractivity contribution in [3.8, 4) is 0 Å². The monoisotopic (exact) mass is 159 g/mol. The molecule has 1 aromatic heterocycles. The second kappa shape index (κ2) is 3.05. The van der Waals surface area contributed by atoms with Gasteiger partial charge >= 0.3 is 0 Å². The van der Waals surface area contributed by atoms with Crippen LogP contribution in [0, 0.1) is 0 Å². The normalized spacial score (nSPS) is 10.3. The highest BCUT2D eigenvalue weighted by atomic mass is 32.2. The highest BCUT2D eigenvalue weighted by molar-refractivity contribution is 7.97. The number of aliphatic hydroxyl groups is 1. The second-order valence-electron chi connectivity index (χ2n) is 1.87. The maximum absolute atomic E-state index is 8.72. The minimum Gasteiger partial charge on any atom is -0.390 e. The van der Waals surface area contributed by atoms with Gasteiger partial charge in [0.2, 0.25) is 0 Å². The second-order valence-corrected chi connectivity index (χ2v) is 2.53. The summed E-state index contributed by atoms with van der Waals surface area (Å²) in [6.45, 7) is 0.00403. The van der Waals surface area contributed by atoms with Gasteiger partial charge in [-0.1, -0.05) is 0 Å². The Hall–Kier alpha value is -0.520. The van der Waals surface area contributed by atoms with Crippen LogP contribution >= 0.6 is 11.9 Å². The lowest BCUT2D eigenvalue weighted by Gasteiger charge is -1.92. The van der Waals surface area contributed by atoms with Crippen LogP contribution in [0.1, 0.15) is 5.69 Å². The van der Waals surface area contributed by atoms with E-state index in [1.165, 1.54) is 0 Å². The summed E-state index contributed by atoms with van der Waals surface area (Å²) in [5, 5.41) is 18.7. The van der Waals surface area contributed by atoms with Gasteiger partial charge in [-0.15, -0.1) is 0 Å². The van der Waals surface area contributed by atoms with Crippen LogP contribution in [0.3, 0.4) is 0 Å². The van der Waals surface area contributed by atoms with Gasteiger partial charge in [-0.25, -0.2) is 0 Å². The predicted octanol–water partition coefficient (Wildman–Crippen LogP) is -0.122. The predicted molar refractivity (Wildman–Crippen MR) is 39.2 cm³/mol. The van der Waals surface area contributed by atoms with Gasteiger partial charge in [0.05, 0.1) is 12.3 Å². The molecule has 0 saturated carbocycles. The lowest BCUT2D eigenvalue weighted by molar-refractivity contribution is 0.270. The number of aliphatic hydroxyl groups excluding tert-OH is 1. The Bertz CT molecular complexity index is 223. The first-order valence-electron chi connectivity index (χ1n) is 2.78. The molecule has 3 N–H and O–H groups in total. The maximum Gasteiger partial charge on any atom is 0.133 e. The first-order valence-corrected chi connectivity index (χ1v) is 3.66. The highest BCUT2D eigenvalue weighted by Gasteiger charge is 2.01. The summed E-state index contributed by atoms with van der Waals surface area (Å²) in [7, 11) is 1.77. The summed E-state index contributed by atoms with van der Waals surface area (Å²) in [6, 6.07) is 1.75. The summed E-state index contributed by atoms with van der Waals surface area (Å²) in [4.78, 5) is 0. The van der Waals surface area contributed by atoms with E-state index in [0.717, 1.165) is 22.7 Å². The minimum atomic E-state index is 0.00403. The molecule has 0 atom stereocenters. The Labute approximate surface area is 63.2 Å². The first-order chi connectivity index (χ1) is 4.77. The largest absolute Gasteiger partial charge is 0.390 e. The zero-order valence-corrected chi connectivity index (χ0v) is 6.43. The van der Waals surface area contributed by atoms with E-state index in [1.54, 1.807) is 17.8 Å². The third-order valence-electron chi connectivity index (χ3n) is 1.24. The Morgan fingerprint density at radius 1 is 1.90 bits per heavy atom. The van der Waals surface area contributed by atoms with Crippen molar-refractivity contribution in [2.75, 3.05) is 0 Å². The molecule has 0 unspecified atom stereocenters. The summed E-state index contributed by atoms with van der Waals surface area (Å²) in [5.74, 6) is 0. The Morgan fingerprint density at radius 2 is 2.60 bits per heavy atom. The van der Waals surface area contributed by atoms with Gasteiger partial charge in [-0.3, -0.25) is 9.82 Å². The van der Waals surface area contributed by atoms with E-state index in [4.69, 9.17) is 10.2 Å². The molecule has 0 aliphatic rings. The van der Waals surface area contributed by atoms with Gasteiger partial charge < -0.3 is 5.11 Å². The van der Waals surface area contributed by atoms with Crippen LogP contribution in [0.15, 0.2) is 11.1 Å². The average Bonchev–Trinajstić information content (AvgIpc) is 2.30. The van der Waals surface area contributed by atoms with Crippen LogP contribution in [0.4, 0.5) is 0 Å². The molecule has 0 radical (unpaired) electrons. The molecule has 0 aromatic carbocycles. The molecule has 0 fully saturated rings. The van der Waals surface area contributed by atoms with Crippen LogP contribution in [-0.4, -0.2) is 14.9 Å². The van der Waals surface area contributed by atoms with E-state index in [0.29, 0.717) is 0 Å². The average molecular weight is 159 g/mol. The number of nitrogens with zero attached hydrogens (tertiary/aromatic N) is 2. The molecular formula is C5H9N3OS. The number of hydrogen-bond acceptors (Lipinski definition) is 4. The fourth-order valence-electron chi connectivity index (χ4n) is 0.682. The van der Waals surface area contributed by atoms with E-state index >= 15 is 0 Å². The van der Waals surface area contributed by atoms with Crippen molar-refractivity contribution in [1.82, 2.24) is 9.78 Å². The van der Waals surface area contributed by atoms with Crippen LogP contribution in [-0.2, 0) is 13.7 Å². The van der Waals surface area contributed by atoms with E-state index in [9.17, 15) is 0 Å². The lowest BCUT2D eigenvalue weighted by Crippen LogP contribution is -1.96.